The molecule has 2 aromatic heterocycles. The van der Waals surface area contributed by atoms with Crippen molar-refractivity contribution in [2.75, 3.05) is 0 Å². The molecule has 0 saturated heterocycles. The average molecular weight is 356 g/mol. The molecule has 0 fully saturated rings. The summed E-state index contributed by atoms with van der Waals surface area (Å²) >= 11 is 0. The van der Waals surface area contributed by atoms with Gasteiger partial charge in [-0.2, -0.15) is 5.26 Å². The summed E-state index contributed by atoms with van der Waals surface area (Å²) in [6.45, 7) is 0. The number of pyridine rings is 1. The smallest absolute Gasteiger partial charge is 0.339 e. The molecule has 130 valence electrons. The van der Waals surface area contributed by atoms with E-state index in [1.165, 1.54) is 4.57 Å². The van der Waals surface area contributed by atoms with Gasteiger partial charge in [-0.15, -0.1) is 0 Å². The first-order valence-corrected chi connectivity index (χ1v) is 8.08. The lowest BCUT2D eigenvalue weighted by molar-refractivity contribution is 0.467. The average Bonchev–Trinajstić information content (AvgIpc) is 2.68. The van der Waals surface area contributed by atoms with Crippen molar-refractivity contribution < 1.29 is 9.52 Å². The third kappa shape index (κ3) is 2.58. The fourth-order valence-corrected chi connectivity index (χ4v) is 3.09. The molecule has 0 spiro atoms. The minimum atomic E-state index is -0.840. The topological polar surface area (TPSA) is 96.2 Å². The maximum atomic E-state index is 13.3. The number of hydrogen-bond acceptors (Lipinski definition) is 5. The third-order valence-corrected chi connectivity index (χ3v) is 4.22. The largest absolute Gasteiger partial charge is 0.507 e. The van der Waals surface area contributed by atoms with Gasteiger partial charge in [-0.25, -0.2) is 4.79 Å². The molecule has 0 saturated carbocycles. The molecule has 1 N–H and O–H groups in total. The standard InChI is InChI=1S/C21H12N2O4/c22-12-15-19(13-7-3-1-4-8-13)23(14-9-5-2-6-10-14)21(26)18-16(24)11-17(25)27-20(15)18/h1-11,24H. The molecular formula is C21H12N2O4. The highest BCUT2D eigenvalue weighted by Gasteiger charge is 2.23. The van der Waals surface area contributed by atoms with Crippen molar-refractivity contribution >= 4 is 11.0 Å². The number of nitrogens with zero attached hydrogens (tertiary/aromatic N) is 2. The number of benzene rings is 2. The summed E-state index contributed by atoms with van der Waals surface area (Å²) in [5, 5.41) is 19.8. The van der Waals surface area contributed by atoms with Gasteiger partial charge in [-0.05, 0) is 12.1 Å². The predicted molar refractivity (Wildman–Crippen MR) is 99.9 cm³/mol. The molecule has 0 unspecified atom stereocenters. The second-order valence-electron chi connectivity index (χ2n) is 5.83. The first kappa shape index (κ1) is 16.4. The highest BCUT2D eigenvalue weighted by Crippen LogP contribution is 2.31. The van der Waals surface area contributed by atoms with Gasteiger partial charge >= 0.3 is 5.63 Å². The number of rotatable bonds is 2. The SMILES string of the molecule is N#Cc1c(-c2ccccc2)n(-c2ccccc2)c(=O)c2c(O)cc(=O)oc12. The number of hydrogen-bond donors (Lipinski definition) is 1. The lowest BCUT2D eigenvalue weighted by Gasteiger charge is -2.16. The van der Waals surface area contributed by atoms with Gasteiger partial charge < -0.3 is 9.52 Å². The van der Waals surface area contributed by atoms with Gasteiger partial charge in [0.15, 0.2) is 5.58 Å². The van der Waals surface area contributed by atoms with Crippen molar-refractivity contribution in [3.8, 4) is 28.8 Å². The number of fused-ring (bicyclic) bond motifs is 1. The molecule has 0 bridgehead atoms. The van der Waals surface area contributed by atoms with E-state index in [0.717, 1.165) is 6.07 Å². The second-order valence-corrected chi connectivity index (χ2v) is 5.83. The highest BCUT2D eigenvalue weighted by molar-refractivity contribution is 5.92. The van der Waals surface area contributed by atoms with E-state index < -0.39 is 16.9 Å². The van der Waals surface area contributed by atoms with Crippen LogP contribution in [-0.4, -0.2) is 9.67 Å². The van der Waals surface area contributed by atoms with Crippen LogP contribution in [0.4, 0.5) is 0 Å². The van der Waals surface area contributed by atoms with Gasteiger partial charge in [0, 0.05) is 11.3 Å². The molecule has 0 atom stereocenters. The molecule has 2 heterocycles. The minimum Gasteiger partial charge on any atom is -0.507 e. The predicted octanol–water partition coefficient (Wildman–Crippen LogP) is 3.19. The van der Waals surface area contributed by atoms with Crippen molar-refractivity contribution in [3.63, 3.8) is 0 Å². The third-order valence-electron chi connectivity index (χ3n) is 4.22. The van der Waals surface area contributed by atoms with Crippen LogP contribution in [0.1, 0.15) is 5.56 Å². The Labute approximate surface area is 152 Å². The second kappa shape index (κ2) is 6.32. The molecule has 6 nitrogen and oxygen atoms in total. The van der Waals surface area contributed by atoms with E-state index >= 15 is 0 Å². The summed E-state index contributed by atoms with van der Waals surface area (Å²) in [6, 6.07) is 20.5. The van der Waals surface area contributed by atoms with Gasteiger partial charge in [-0.1, -0.05) is 48.5 Å². The molecule has 0 aliphatic rings. The number of aromatic hydroxyl groups is 1. The molecule has 0 amide bonds. The van der Waals surface area contributed by atoms with Crippen LogP contribution in [0.25, 0.3) is 27.9 Å². The van der Waals surface area contributed by atoms with Crippen LogP contribution < -0.4 is 11.2 Å². The summed E-state index contributed by atoms with van der Waals surface area (Å²) in [5.74, 6) is -0.521. The molecule has 0 aliphatic carbocycles. The Morgan fingerprint density at radius 3 is 2.22 bits per heavy atom. The molecule has 0 radical (unpaired) electrons. The van der Waals surface area contributed by atoms with E-state index in [1.807, 2.05) is 12.1 Å². The van der Waals surface area contributed by atoms with Gasteiger partial charge in [0.05, 0.1) is 11.8 Å². The van der Waals surface area contributed by atoms with Gasteiger partial charge in [0.2, 0.25) is 0 Å². The van der Waals surface area contributed by atoms with Crippen molar-refractivity contribution in [2.24, 2.45) is 0 Å². The molecule has 4 rings (SSSR count). The Kier molecular flexibility index (Phi) is 3.83. The summed E-state index contributed by atoms with van der Waals surface area (Å²) in [7, 11) is 0. The molecule has 0 aliphatic heterocycles. The first-order chi connectivity index (χ1) is 13.1. The maximum absolute atomic E-state index is 13.3. The highest BCUT2D eigenvalue weighted by atomic mass is 16.4. The van der Waals surface area contributed by atoms with E-state index in [1.54, 1.807) is 54.6 Å². The van der Waals surface area contributed by atoms with Gasteiger partial charge in [0.25, 0.3) is 5.56 Å². The lowest BCUT2D eigenvalue weighted by atomic mass is 10.0. The Balaban J connectivity index is 2.31. The summed E-state index contributed by atoms with van der Waals surface area (Å²) in [5.41, 5.74) is -0.252. The van der Waals surface area contributed by atoms with Crippen molar-refractivity contribution in [1.82, 2.24) is 4.57 Å². The van der Waals surface area contributed by atoms with E-state index in [9.17, 15) is 20.0 Å². The number of para-hydroxylation sites is 1. The van der Waals surface area contributed by atoms with Crippen LogP contribution in [-0.2, 0) is 0 Å². The quantitative estimate of drug-likeness (QED) is 0.595. The van der Waals surface area contributed by atoms with E-state index in [4.69, 9.17) is 4.42 Å². The van der Waals surface area contributed by atoms with E-state index in [-0.39, 0.29) is 22.2 Å². The zero-order chi connectivity index (χ0) is 19.0. The van der Waals surface area contributed by atoms with E-state index in [2.05, 4.69) is 0 Å². The normalized spacial score (nSPS) is 10.6. The van der Waals surface area contributed by atoms with Crippen LogP contribution in [0, 0.1) is 11.3 Å². The summed E-state index contributed by atoms with van der Waals surface area (Å²) in [4.78, 5) is 25.0. The fraction of sp³-hybridized carbons (Fsp3) is 0. The lowest BCUT2D eigenvalue weighted by Crippen LogP contribution is -2.22. The monoisotopic (exact) mass is 356 g/mol. The van der Waals surface area contributed by atoms with Crippen LogP contribution in [0.15, 0.2) is 80.7 Å². The Hall–Kier alpha value is -4.11. The molecule has 6 heteroatoms. The molecule has 4 aromatic rings. The van der Waals surface area contributed by atoms with Crippen LogP contribution in [0.3, 0.4) is 0 Å². The zero-order valence-corrected chi connectivity index (χ0v) is 13.9. The van der Waals surface area contributed by atoms with Crippen molar-refractivity contribution in [2.45, 2.75) is 0 Å². The molecule has 2 aromatic carbocycles. The van der Waals surface area contributed by atoms with Gasteiger partial charge in [0.1, 0.15) is 22.8 Å². The van der Waals surface area contributed by atoms with E-state index in [0.29, 0.717) is 11.3 Å². The molecular weight excluding hydrogens is 344 g/mol. The van der Waals surface area contributed by atoms with Crippen molar-refractivity contribution in [1.29, 1.82) is 5.26 Å². The van der Waals surface area contributed by atoms with Crippen molar-refractivity contribution in [3.05, 3.63) is 93.1 Å². The number of nitriles is 1. The Morgan fingerprint density at radius 2 is 1.59 bits per heavy atom. The number of aromatic nitrogens is 1. The van der Waals surface area contributed by atoms with Gasteiger partial charge in [-0.3, -0.25) is 9.36 Å². The maximum Gasteiger partial charge on any atom is 0.339 e. The summed E-state index contributed by atoms with van der Waals surface area (Å²) in [6.07, 6.45) is 0. The molecule has 27 heavy (non-hydrogen) atoms. The zero-order valence-electron chi connectivity index (χ0n) is 13.9. The first-order valence-electron chi connectivity index (χ1n) is 8.08. The van der Waals surface area contributed by atoms with Crippen LogP contribution in [0.2, 0.25) is 0 Å². The Bertz CT molecular complexity index is 1310. The fourth-order valence-electron chi connectivity index (χ4n) is 3.09. The van der Waals surface area contributed by atoms with Crippen LogP contribution >= 0.6 is 0 Å². The van der Waals surface area contributed by atoms with Crippen LogP contribution in [0.5, 0.6) is 5.75 Å². The summed E-state index contributed by atoms with van der Waals surface area (Å²) < 4.78 is 6.49. The minimum absolute atomic E-state index is 0.00680. The Morgan fingerprint density at radius 1 is 0.963 bits per heavy atom.